The number of nitrogen functional groups attached to an aromatic ring is 1. The maximum Gasteiger partial charge on any atom is 0.274 e. The zero-order valence-electron chi connectivity index (χ0n) is 8.20. The van der Waals surface area contributed by atoms with Crippen molar-refractivity contribution in [2.24, 2.45) is 5.73 Å². The number of halogens is 1. The van der Waals surface area contributed by atoms with E-state index in [9.17, 15) is 9.59 Å². The van der Waals surface area contributed by atoms with E-state index in [2.05, 4.69) is 26.2 Å². The summed E-state index contributed by atoms with van der Waals surface area (Å²) in [6.07, 6.45) is 0. The number of hydroxylamine groups is 1. The van der Waals surface area contributed by atoms with Crippen molar-refractivity contribution >= 4 is 33.4 Å². The van der Waals surface area contributed by atoms with E-state index < -0.39 is 11.8 Å². The van der Waals surface area contributed by atoms with Gasteiger partial charge in [-0.2, -0.15) is 0 Å². The van der Waals surface area contributed by atoms with Crippen LogP contribution in [0.4, 0.5) is 5.69 Å². The van der Waals surface area contributed by atoms with E-state index >= 15 is 0 Å². The molecule has 0 aromatic heterocycles. The van der Waals surface area contributed by atoms with E-state index in [0.717, 1.165) is 0 Å². The van der Waals surface area contributed by atoms with E-state index in [0.29, 0.717) is 15.7 Å². The molecule has 0 aliphatic carbocycles. The molecule has 86 valence electrons. The summed E-state index contributed by atoms with van der Waals surface area (Å²) < 4.78 is 0.696. The Labute approximate surface area is 100 Å². The summed E-state index contributed by atoms with van der Waals surface area (Å²) in [5.74, 6) is -1.17. The van der Waals surface area contributed by atoms with Crippen molar-refractivity contribution < 1.29 is 14.4 Å². The van der Waals surface area contributed by atoms with Crippen LogP contribution in [-0.2, 0) is 9.63 Å². The van der Waals surface area contributed by atoms with Crippen LogP contribution in [-0.4, -0.2) is 18.4 Å². The molecule has 7 heteroatoms. The Morgan fingerprint density at radius 3 is 2.69 bits per heavy atom. The molecular weight excluding hydrogens is 278 g/mol. The minimum atomic E-state index is -0.671. The van der Waals surface area contributed by atoms with Gasteiger partial charge in [-0.1, -0.05) is 0 Å². The molecule has 0 radical (unpaired) electrons. The summed E-state index contributed by atoms with van der Waals surface area (Å²) in [5, 5.41) is 0. The minimum absolute atomic E-state index is 0.324. The van der Waals surface area contributed by atoms with Crippen LogP contribution in [0.5, 0.6) is 0 Å². The fraction of sp³-hybridized carbons (Fsp3) is 0.111. The molecule has 0 spiro atoms. The molecule has 1 aromatic carbocycles. The van der Waals surface area contributed by atoms with Crippen molar-refractivity contribution in [1.82, 2.24) is 5.48 Å². The highest BCUT2D eigenvalue weighted by Crippen LogP contribution is 2.19. The largest absolute Gasteiger partial charge is 0.398 e. The molecule has 0 saturated carbocycles. The van der Waals surface area contributed by atoms with Gasteiger partial charge in [0, 0.05) is 15.7 Å². The van der Waals surface area contributed by atoms with Gasteiger partial charge < -0.3 is 11.5 Å². The Kier molecular flexibility index (Phi) is 4.27. The first-order chi connectivity index (χ1) is 7.50. The van der Waals surface area contributed by atoms with Gasteiger partial charge in [-0.25, -0.2) is 5.48 Å². The highest BCUT2D eigenvalue weighted by molar-refractivity contribution is 9.10. The lowest BCUT2D eigenvalue weighted by atomic mass is 10.2. The smallest absolute Gasteiger partial charge is 0.274 e. The third-order valence-corrected chi connectivity index (χ3v) is 2.36. The Hall–Kier alpha value is -1.60. The minimum Gasteiger partial charge on any atom is -0.398 e. The molecular formula is C9H10BrN3O3. The number of rotatable bonds is 4. The molecule has 0 saturated heterocycles. The standard InChI is InChI=1S/C9H10BrN3O3/c10-6-2-1-5(3-7(6)11)9(15)13-16-4-8(12)14/h1-3H,4,11H2,(H2,12,14)(H,13,15). The first-order valence-corrected chi connectivity index (χ1v) is 5.05. The third kappa shape index (κ3) is 3.52. The van der Waals surface area contributed by atoms with Crippen LogP contribution < -0.4 is 16.9 Å². The average molecular weight is 288 g/mol. The van der Waals surface area contributed by atoms with E-state index in [1.54, 1.807) is 12.1 Å². The zero-order valence-corrected chi connectivity index (χ0v) is 9.78. The Morgan fingerprint density at radius 2 is 2.12 bits per heavy atom. The van der Waals surface area contributed by atoms with Crippen LogP contribution in [0.25, 0.3) is 0 Å². The first kappa shape index (κ1) is 12.5. The lowest BCUT2D eigenvalue weighted by Crippen LogP contribution is -2.29. The number of nitrogens with two attached hydrogens (primary N) is 2. The molecule has 16 heavy (non-hydrogen) atoms. The maximum absolute atomic E-state index is 11.4. The van der Waals surface area contributed by atoms with Crippen LogP contribution in [0, 0.1) is 0 Å². The highest BCUT2D eigenvalue weighted by atomic mass is 79.9. The van der Waals surface area contributed by atoms with Gasteiger partial charge in [-0.3, -0.25) is 14.4 Å². The van der Waals surface area contributed by atoms with Gasteiger partial charge in [0.05, 0.1) is 0 Å². The number of nitrogens with one attached hydrogen (secondary N) is 1. The fourth-order valence-electron chi connectivity index (χ4n) is 0.917. The Balaban J connectivity index is 2.59. The second kappa shape index (κ2) is 5.47. The quantitative estimate of drug-likeness (QED) is 0.542. The fourth-order valence-corrected chi connectivity index (χ4v) is 1.16. The molecule has 2 amide bonds. The van der Waals surface area contributed by atoms with Gasteiger partial charge in [0.1, 0.15) is 0 Å². The molecule has 0 fully saturated rings. The van der Waals surface area contributed by atoms with Crippen LogP contribution in [0.15, 0.2) is 22.7 Å². The van der Waals surface area contributed by atoms with Crippen LogP contribution in [0.3, 0.4) is 0 Å². The monoisotopic (exact) mass is 287 g/mol. The molecule has 0 unspecified atom stereocenters. The summed E-state index contributed by atoms with van der Waals surface area (Å²) >= 11 is 3.20. The molecule has 6 nitrogen and oxygen atoms in total. The number of amides is 2. The van der Waals surface area contributed by atoms with E-state index in [1.807, 2.05) is 0 Å². The summed E-state index contributed by atoms with van der Waals surface area (Å²) in [4.78, 5) is 26.3. The van der Waals surface area contributed by atoms with Gasteiger partial charge in [0.25, 0.3) is 5.91 Å². The molecule has 5 N–H and O–H groups in total. The maximum atomic E-state index is 11.4. The molecule has 0 heterocycles. The molecule has 0 atom stereocenters. The van der Waals surface area contributed by atoms with Crippen molar-refractivity contribution in [2.75, 3.05) is 12.3 Å². The van der Waals surface area contributed by atoms with Crippen LogP contribution >= 0.6 is 15.9 Å². The zero-order chi connectivity index (χ0) is 12.1. The van der Waals surface area contributed by atoms with Gasteiger partial charge >= 0.3 is 0 Å². The predicted octanol–water partition coefficient (Wildman–Crippen LogP) is 0.178. The molecule has 1 aromatic rings. The Bertz CT molecular complexity index is 422. The normalized spacial score (nSPS) is 9.81. The first-order valence-electron chi connectivity index (χ1n) is 4.26. The molecule has 0 bridgehead atoms. The van der Waals surface area contributed by atoms with Crippen molar-refractivity contribution in [3.8, 4) is 0 Å². The van der Waals surface area contributed by atoms with Gasteiger partial charge in [0.15, 0.2) is 6.61 Å². The summed E-state index contributed by atoms with van der Waals surface area (Å²) in [6, 6.07) is 4.68. The highest BCUT2D eigenvalue weighted by Gasteiger charge is 2.07. The van der Waals surface area contributed by atoms with Gasteiger partial charge in [-0.15, -0.1) is 0 Å². The third-order valence-electron chi connectivity index (χ3n) is 1.64. The number of carbonyl (C=O) groups excluding carboxylic acids is 2. The number of primary amides is 1. The van der Waals surface area contributed by atoms with Crippen molar-refractivity contribution in [3.05, 3.63) is 28.2 Å². The number of anilines is 1. The Morgan fingerprint density at radius 1 is 1.44 bits per heavy atom. The number of hydrogen-bond acceptors (Lipinski definition) is 4. The van der Waals surface area contributed by atoms with Crippen molar-refractivity contribution in [1.29, 1.82) is 0 Å². The van der Waals surface area contributed by atoms with Gasteiger partial charge in [-0.05, 0) is 34.1 Å². The second-order valence-corrected chi connectivity index (χ2v) is 3.78. The van der Waals surface area contributed by atoms with Crippen LogP contribution in [0.2, 0.25) is 0 Å². The molecule has 0 aliphatic rings. The summed E-state index contributed by atoms with van der Waals surface area (Å²) in [7, 11) is 0. The topological polar surface area (TPSA) is 107 Å². The average Bonchev–Trinajstić information content (AvgIpc) is 2.21. The summed E-state index contributed by atoms with van der Waals surface area (Å²) in [5.41, 5.74) is 13.2. The second-order valence-electron chi connectivity index (χ2n) is 2.92. The number of hydrogen-bond donors (Lipinski definition) is 3. The predicted molar refractivity (Wildman–Crippen MR) is 61.2 cm³/mol. The van der Waals surface area contributed by atoms with Crippen LogP contribution in [0.1, 0.15) is 10.4 Å². The number of benzene rings is 1. The van der Waals surface area contributed by atoms with E-state index in [4.69, 9.17) is 11.5 Å². The lowest BCUT2D eigenvalue weighted by molar-refractivity contribution is -0.124. The van der Waals surface area contributed by atoms with E-state index in [-0.39, 0.29) is 6.61 Å². The van der Waals surface area contributed by atoms with E-state index in [1.165, 1.54) is 6.07 Å². The molecule has 1 rings (SSSR count). The number of carbonyl (C=O) groups is 2. The van der Waals surface area contributed by atoms with Crippen molar-refractivity contribution in [3.63, 3.8) is 0 Å². The SMILES string of the molecule is NC(=O)CONC(=O)c1ccc(Br)c(N)c1. The lowest BCUT2D eigenvalue weighted by Gasteiger charge is -2.05. The van der Waals surface area contributed by atoms with Gasteiger partial charge in [0.2, 0.25) is 5.91 Å². The summed E-state index contributed by atoms with van der Waals surface area (Å²) in [6.45, 7) is -0.377. The molecule has 0 aliphatic heterocycles. The van der Waals surface area contributed by atoms with Crippen molar-refractivity contribution in [2.45, 2.75) is 0 Å².